The highest BCUT2D eigenvalue weighted by molar-refractivity contribution is 5.96. The molecule has 2 rings (SSSR count). The van der Waals surface area contributed by atoms with Gasteiger partial charge in [-0.25, -0.2) is 4.79 Å². The van der Waals surface area contributed by atoms with Gasteiger partial charge in [-0.3, -0.25) is 4.40 Å². The van der Waals surface area contributed by atoms with Crippen molar-refractivity contribution in [2.45, 2.75) is 26.9 Å². The molecule has 0 aliphatic heterocycles. The molecule has 6 heteroatoms. The van der Waals surface area contributed by atoms with Gasteiger partial charge in [0.05, 0.1) is 6.10 Å². The summed E-state index contributed by atoms with van der Waals surface area (Å²) in [4.78, 5) is 15.4. The van der Waals surface area contributed by atoms with Crippen LogP contribution in [-0.2, 0) is 4.79 Å². The molecule has 2 aromatic heterocycles. The van der Waals surface area contributed by atoms with Crippen molar-refractivity contribution < 1.29 is 14.6 Å². The Kier molecular flexibility index (Phi) is 3.94. The second kappa shape index (κ2) is 5.67. The fourth-order valence-electron chi connectivity index (χ4n) is 1.87. The fourth-order valence-corrected chi connectivity index (χ4v) is 1.87. The Hall–Kier alpha value is -2.81. The van der Waals surface area contributed by atoms with E-state index in [4.69, 9.17) is 15.1 Å². The number of fused-ring (bicyclic) bond motifs is 1. The number of hydrogen-bond acceptors (Lipinski definition) is 4. The van der Waals surface area contributed by atoms with E-state index in [2.05, 4.69) is 4.98 Å². The quantitative estimate of drug-likeness (QED) is 0.688. The van der Waals surface area contributed by atoms with E-state index >= 15 is 0 Å². The summed E-state index contributed by atoms with van der Waals surface area (Å²) in [6.07, 6.45) is 2.98. The number of carbonyl (C=O) groups is 1. The molecule has 0 spiro atoms. The lowest BCUT2D eigenvalue weighted by Gasteiger charge is -2.07. The first-order valence-corrected chi connectivity index (χ1v) is 6.43. The number of nitriles is 1. The van der Waals surface area contributed by atoms with Crippen LogP contribution in [0.2, 0.25) is 0 Å². The molecule has 1 N–H and O–H groups in total. The summed E-state index contributed by atoms with van der Waals surface area (Å²) < 4.78 is 7.33. The van der Waals surface area contributed by atoms with Gasteiger partial charge in [0.15, 0.2) is 0 Å². The van der Waals surface area contributed by atoms with Crippen molar-refractivity contribution in [2.24, 2.45) is 0 Å². The molecular formula is C15H15N3O3. The van der Waals surface area contributed by atoms with Gasteiger partial charge in [0.1, 0.15) is 23.0 Å². The number of carboxylic acid groups (broad SMARTS) is 1. The van der Waals surface area contributed by atoms with E-state index in [1.54, 1.807) is 10.5 Å². The molecule has 6 nitrogen and oxygen atoms in total. The maximum absolute atomic E-state index is 11.0. The smallest absolute Gasteiger partial charge is 0.346 e. The molecule has 0 saturated carbocycles. The van der Waals surface area contributed by atoms with E-state index in [1.165, 1.54) is 6.08 Å². The van der Waals surface area contributed by atoms with Crippen LogP contribution in [0, 0.1) is 18.3 Å². The third kappa shape index (κ3) is 3.03. The first-order chi connectivity index (χ1) is 9.92. The van der Waals surface area contributed by atoms with Crippen molar-refractivity contribution in [2.75, 3.05) is 0 Å². The summed E-state index contributed by atoms with van der Waals surface area (Å²) in [6, 6.07) is 5.38. The van der Waals surface area contributed by atoms with Crippen molar-refractivity contribution in [3.8, 4) is 11.9 Å². The summed E-state index contributed by atoms with van der Waals surface area (Å²) in [5.41, 5.74) is 1.69. The number of nitrogens with zero attached hydrogens (tertiary/aromatic N) is 3. The number of pyridine rings is 1. The lowest BCUT2D eigenvalue weighted by atomic mass is 10.2. The Morgan fingerprint density at radius 3 is 2.81 bits per heavy atom. The van der Waals surface area contributed by atoms with Crippen molar-refractivity contribution in [1.82, 2.24) is 9.38 Å². The molecule has 0 atom stereocenters. The average Bonchev–Trinajstić information content (AvgIpc) is 2.71. The lowest BCUT2D eigenvalue weighted by Crippen LogP contribution is -2.07. The van der Waals surface area contributed by atoms with E-state index in [0.29, 0.717) is 17.2 Å². The van der Waals surface area contributed by atoms with Crippen molar-refractivity contribution in [3.05, 3.63) is 35.2 Å². The van der Waals surface area contributed by atoms with Gasteiger partial charge in [-0.15, -0.1) is 0 Å². The number of hydrogen-bond donors (Lipinski definition) is 1. The summed E-state index contributed by atoms with van der Waals surface area (Å²) in [5.74, 6) is -0.972. The van der Waals surface area contributed by atoms with E-state index in [-0.39, 0.29) is 11.7 Å². The normalized spacial score (nSPS) is 11.7. The van der Waals surface area contributed by atoms with Crippen molar-refractivity contribution in [1.29, 1.82) is 5.26 Å². The molecule has 0 amide bonds. The third-order valence-corrected chi connectivity index (χ3v) is 2.75. The Bertz CT molecular complexity index is 766. The Morgan fingerprint density at radius 2 is 2.24 bits per heavy atom. The molecule has 0 bridgehead atoms. The molecule has 0 radical (unpaired) electrons. The molecule has 0 aliphatic carbocycles. The van der Waals surface area contributed by atoms with Gasteiger partial charge in [-0.2, -0.15) is 10.2 Å². The first-order valence-electron chi connectivity index (χ1n) is 6.43. The largest absolute Gasteiger partial charge is 0.477 e. The minimum absolute atomic E-state index is 0.112. The molecule has 108 valence electrons. The Morgan fingerprint density at radius 1 is 1.52 bits per heavy atom. The number of rotatable bonds is 4. The zero-order chi connectivity index (χ0) is 15.6. The summed E-state index contributed by atoms with van der Waals surface area (Å²) in [6.45, 7) is 5.62. The van der Waals surface area contributed by atoms with E-state index in [1.807, 2.05) is 39.1 Å². The summed E-state index contributed by atoms with van der Waals surface area (Å²) >= 11 is 0. The van der Waals surface area contributed by atoms with Crippen molar-refractivity contribution in [3.63, 3.8) is 0 Å². The summed E-state index contributed by atoms with van der Waals surface area (Å²) in [7, 11) is 0. The highest BCUT2D eigenvalue weighted by Gasteiger charge is 2.16. The SMILES string of the molecule is Cc1ccc2nc(OC(C)C)c(/C=C(\C#N)C(=O)O)n2c1. The second-order valence-electron chi connectivity index (χ2n) is 4.88. The number of aryl methyl sites for hydroxylation is 1. The van der Waals surface area contributed by atoms with Gasteiger partial charge in [-0.1, -0.05) is 6.07 Å². The Labute approximate surface area is 121 Å². The number of ether oxygens (including phenoxy) is 1. The highest BCUT2D eigenvalue weighted by atomic mass is 16.5. The zero-order valence-corrected chi connectivity index (χ0v) is 12.0. The van der Waals surface area contributed by atoms with Gasteiger partial charge < -0.3 is 9.84 Å². The maximum Gasteiger partial charge on any atom is 0.346 e. The minimum Gasteiger partial charge on any atom is -0.477 e. The van der Waals surface area contributed by atoms with Crippen LogP contribution < -0.4 is 4.74 Å². The number of aliphatic carboxylic acids is 1. The first kappa shape index (κ1) is 14.6. The van der Waals surface area contributed by atoms with Crippen LogP contribution in [0.5, 0.6) is 5.88 Å². The van der Waals surface area contributed by atoms with Gasteiger partial charge >= 0.3 is 5.97 Å². The predicted molar refractivity (Wildman–Crippen MR) is 76.9 cm³/mol. The van der Waals surface area contributed by atoms with Crippen molar-refractivity contribution >= 4 is 17.7 Å². The molecule has 0 fully saturated rings. The molecule has 2 heterocycles. The van der Waals surface area contributed by atoms with Gasteiger partial charge in [0, 0.05) is 6.20 Å². The lowest BCUT2D eigenvalue weighted by molar-refractivity contribution is -0.132. The molecular weight excluding hydrogens is 270 g/mol. The van der Waals surface area contributed by atoms with Crippen LogP contribution in [-0.4, -0.2) is 26.6 Å². The van der Waals surface area contributed by atoms with Crippen LogP contribution in [0.25, 0.3) is 11.7 Å². The molecule has 0 aliphatic rings. The standard InChI is InChI=1S/C15H15N3O3/c1-9(2)21-14-12(6-11(7-16)15(19)20)18-8-10(3)4-5-13(18)17-14/h4-6,8-9H,1-3H3,(H,19,20)/b11-6+. The monoisotopic (exact) mass is 285 g/mol. The third-order valence-electron chi connectivity index (χ3n) is 2.75. The molecule has 0 saturated heterocycles. The highest BCUT2D eigenvalue weighted by Crippen LogP contribution is 2.24. The fraction of sp³-hybridized carbons (Fsp3) is 0.267. The molecule has 0 aromatic carbocycles. The van der Waals surface area contributed by atoms with Gasteiger partial charge in [0.25, 0.3) is 0 Å². The average molecular weight is 285 g/mol. The van der Waals surface area contributed by atoms with Crippen LogP contribution in [0.3, 0.4) is 0 Å². The minimum atomic E-state index is -1.28. The van der Waals surface area contributed by atoms with E-state index in [0.717, 1.165) is 5.56 Å². The van der Waals surface area contributed by atoms with E-state index < -0.39 is 5.97 Å². The molecule has 2 aromatic rings. The van der Waals surface area contributed by atoms with Crippen LogP contribution in [0.15, 0.2) is 23.9 Å². The second-order valence-corrected chi connectivity index (χ2v) is 4.88. The number of carboxylic acids is 1. The number of aromatic nitrogens is 2. The summed E-state index contributed by atoms with van der Waals surface area (Å²) in [5, 5.41) is 17.9. The van der Waals surface area contributed by atoms with Crippen LogP contribution >= 0.6 is 0 Å². The zero-order valence-electron chi connectivity index (χ0n) is 12.0. The predicted octanol–water partition coefficient (Wildman–Crippen LogP) is 2.42. The van der Waals surface area contributed by atoms with E-state index in [9.17, 15) is 4.79 Å². The molecule has 21 heavy (non-hydrogen) atoms. The topological polar surface area (TPSA) is 87.6 Å². The van der Waals surface area contributed by atoms with Gasteiger partial charge in [0.2, 0.25) is 5.88 Å². The number of imidazole rings is 1. The van der Waals surface area contributed by atoms with Crippen LogP contribution in [0.4, 0.5) is 0 Å². The van der Waals surface area contributed by atoms with Crippen LogP contribution in [0.1, 0.15) is 25.1 Å². The molecule has 0 unspecified atom stereocenters. The Balaban J connectivity index is 2.70. The van der Waals surface area contributed by atoms with Gasteiger partial charge in [-0.05, 0) is 38.5 Å². The maximum atomic E-state index is 11.0.